The average molecular weight is 439 g/mol. The summed E-state index contributed by atoms with van der Waals surface area (Å²) in [5, 5.41) is 0. The number of unbranched alkanes of at least 4 members (excludes halogenated alkanes) is 1. The molecule has 1 saturated heterocycles. The summed E-state index contributed by atoms with van der Waals surface area (Å²) in [4.78, 5) is 9.20. The highest BCUT2D eigenvalue weighted by Crippen LogP contribution is 2.39. The van der Waals surface area contributed by atoms with Crippen LogP contribution in [-0.2, 0) is 18.6 Å². The average Bonchev–Trinajstić information content (AvgIpc) is 2.70. The van der Waals surface area contributed by atoms with E-state index >= 15 is 0 Å². The first kappa shape index (κ1) is 26.8. The first-order chi connectivity index (χ1) is 14.5. The fourth-order valence-corrected chi connectivity index (χ4v) is 3.48. The highest BCUT2D eigenvalue weighted by atomic mass is 31.2. The zero-order valence-corrected chi connectivity index (χ0v) is 19.4. The molecule has 1 fully saturated rings. The Labute approximate surface area is 182 Å². The van der Waals surface area contributed by atoms with Crippen LogP contribution in [-0.4, -0.2) is 37.2 Å². The van der Waals surface area contributed by atoms with Crippen molar-refractivity contribution >= 4 is 7.60 Å². The van der Waals surface area contributed by atoms with Crippen LogP contribution in [0.1, 0.15) is 58.3 Å². The Morgan fingerprint density at radius 1 is 0.867 bits per heavy atom. The third kappa shape index (κ3) is 16.6. The minimum absolute atomic E-state index is 0.248. The van der Waals surface area contributed by atoms with Crippen LogP contribution in [0.4, 0.5) is 0 Å². The molecule has 0 radical (unpaired) electrons. The minimum Gasteiger partial charge on any atom is -0.350 e. The van der Waals surface area contributed by atoms with E-state index in [4.69, 9.17) is 14.0 Å². The van der Waals surface area contributed by atoms with E-state index in [1.165, 1.54) is 6.66 Å². The van der Waals surface area contributed by atoms with Gasteiger partial charge in [0.25, 0.3) is 0 Å². The van der Waals surface area contributed by atoms with Crippen molar-refractivity contribution in [3.63, 3.8) is 0 Å². The predicted octanol–water partition coefficient (Wildman–Crippen LogP) is 6.48. The van der Waals surface area contributed by atoms with Crippen LogP contribution in [0.5, 0.6) is 0 Å². The standard InChI is InChI=1S/C24H39O5P/c1-3-4-5-6-7-8-9-10-11-12-13-14-15-16-17-18-19-20-24-27-21-23(22-28-24)29-30(2,25)26/h4-5,7-8,10-11,13-14,16-17,23-24H,3,6,9,12,15,18-22H2,1-2H3,(H,25,26)/b5-4-,8-7-,11-10-,14-13-,17-16-. The Bertz CT molecular complexity index is 607. The van der Waals surface area contributed by atoms with E-state index in [9.17, 15) is 9.46 Å². The summed E-state index contributed by atoms with van der Waals surface area (Å²) in [6.07, 6.45) is 29.1. The minimum atomic E-state index is -3.49. The van der Waals surface area contributed by atoms with Crippen LogP contribution in [0.25, 0.3) is 0 Å². The molecule has 0 aromatic rings. The highest BCUT2D eigenvalue weighted by Gasteiger charge is 2.26. The number of hydrogen-bond donors (Lipinski definition) is 1. The smallest absolute Gasteiger partial charge is 0.325 e. The lowest BCUT2D eigenvalue weighted by Crippen LogP contribution is -2.36. The molecule has 1 heterocycles. The van der Waals surface area contributed by atoms with E-state index < -0.39 is 13.7 Å². The maximum absolute atomic E-state index is 11.2. The van der Waals surface area contributed by atoms with Gasteiger partial charge >= 0.3 is 7.60 Å². The second-order valence-electron chi connectivity index (χ2n) is 7.27. The zero-order valence-electron chi connectivity index (χ0n) is 18.5. The van der Waals surface area contributed by atoms with Crippen molar-refractivity contribution in [2.45, 2.75) is 70.7 Å². The van der Waals surface area contributed by atoms with Crippen LogP contribution in [0.2, 0.25) is 0 Å². The molecule has 1 unspecified atom stereocenters. The van der Waals surface area contributed by atoms with E-state index in [0.717, 1.165) is 51.4 Å². The largest absolute Gasteiger partial charge is 0.350 e. The van der Waals surface area contributed by atoms with Crippen LogP contribution in [0, 0.1) is 0 Å². The summed E-state index contributed by atoms with van der Waals surface area (Å²) >= 11 is 0. The Kier molecular flexibility index (Phi) is 15.6. The van der Waals surface area contributed by atoms with Gasteiger partial charge in [0.05, 0.1) is 13.2 Å². The summed E-state index contributed by atoms with van der Waals surface area (Å²) in [7, 11) is -3.49. The molecule has 1 aliphatic rings. The number of allylic oxidation sites excluding steroid dienone is 10. The summed E-state index contributed by atoms with van der Waals surface area (Å²) in [5.41, 5.74) is 0. The van der Waals surface area contributed by atoms with Crippen molar-refractivity contribution in [3.05, 3.63) is 60.8 Å². The van der Waals surface area contributed by atoms with Gasteiger partial charge in [-0.05, 0) is 51.4 Å². The van der Waals surface area contributed by atoms with Crippen molar-refractivity contribution in [1.82, 2.24) is 0 Å². The van der Waals surface area contributed by atoms with Crippen molar-refractivity contribution < 1.29 is 23.5 Å². The van der Waals surface area contributed by atoms with Gasteiger partial charge in [0.15, 0.2) is 6.29 Å². The molecule has 5 nitrogen and oxygen atoms in total. The van der Waals surface area contributed by atoms with E-state index in [1.54, 1.807) is 0 Å². The summed E-state index contributed by atoms with van der Waals surface area (Å²) in [6, 6.07) is 0. The SMILES string of the molecule is CC/C=C\C/C=C\C/C=C\C/C=C\C/C=C\CCCC1OCC(OP(C)(=O)O)CO1. The number of hydrogen-bond acceptors (Lipinski definition) is 4. The maximum atomic E-state index is 11.2. The normalized spacial score (nSPS) is 22.9. The summed E-state index contributed by atoms with van der Waals surface area (Å²) in [6.45, 7) is 3.91. The second-order valence-corrected chi connectivity index (χ2v) is 9.08. The zero-order chi connectivity index (χ0) is 21.9. The van der Waals surface area contributed by atoms with Crippen LogP contribution >= 0.6 is 7.60 Å². The third-order valence-corrected chi connectivity index (χ3v) is 4.94. The van der Waals surface area contributed by atoms with Gasteiger partial charge in [-0.1, -0.05) is 67.7 Å². The molecule has 30 heavy (non-hydrogen) atoms. The lowest BCUT2D eigenvalue weighted by molar-refractivity contribution is -0.214. The van der Waals surface area contributed by atoms with Gasteiger partial charge in [-0.15, -0.1) is 0 Å². The maximum Gasteiger partial charge on any atom is 0.325 e. The predicted molar refractivity (Wildman–Crippen MR) is 125 cm³/mol. The molecule has 0 aliphatic carbocycles. The molecule has 0 bridgehead atoms. The van der Waals surface area contributed by atoms with E-state index in [2.05, 4.69) is 67.7 Å². The van der Waals surface area contributed by atoms with Crippen molar-refractivity contribution in [2.24, 2.45) is 0 Å². The fourth-order valence-electron chi connectivity index (χ4n) is 2.80. The van der Waals surface area contributed by atoms with Crippen LogP contribution in [0.3, 0.4) is 0 Å². The second kappa shape index (κ2) is 17.5. The van der Waals surface area contributed by atoms with Gasteiger partial charge in [0.2, 0.25) is 0 Å². The first-order valence-electron chi connectivity index (χ1n) is 11.0. The molecule has 0 amide bonds. The molecule has 0 aromatic carbocycles. The Morgan fingerprint density at radius 2 is 1.33 bits per heavy atom. The van der Waals surface area contributed by atoms with Crippen LogP contribution in [0.15, 0.2) is 60.8 Å². The Hall–Kier alpha value is -1.23. The van der Waals surface area contributed by atoms with Crippen molar-refractivity contribution in [3.8, 4) is 0 Å². The van der Waals surface area contributed by atoms with Gasteiger partial charge in [0.1, 0.15) is 6.10 Å². The number of ether oxygens (including phenoxy) is 2. The van der Waals surface area contributed by atoms with E-state index in [1.807, 2.05) is 0 Å². The fraction of sp³-hybridized carbons (Fsp3) is 0.583. The van der Waals surface area contributed by atoms with Gasteiger partial charge < -0.3 is 18.9 Å². The summed E-state index contributed by atoms with van der Waals surface area (Å²) in [5.74, 6) is 0. The molecular weight excluding hydrogens is 399 g/mol. The molecule has 170 valence electrons. The molecule has 0 aromatic heterocycles. The summed E-state index contributed by atoms with van der Waals surface area (Å²) < 4.78 is 27.3. The van der Waals surface area contributed by atoms with Crippen molar-refractivity contribution in [1.29, 1.82) is 0 Å². The van der Waals surface area contributed by atoms with Crippen LogP contribution < -0.4 is 0 Å². The molecule has 0 saturated carbocycles. The monoisotopic (exact) mass is 438 g/mol. The molecule has 1 rings (SSSR count). The molecule has 6 heteroatoms. The molecule has 1 aliphatic heterocycles. The Morgan fingerprint density at radius 3 is 1.80 bits per heavy atom. The first-order valence-corrected chi connectivity index (χ1v) is 13.0. The van der Waals surface area contributed by atoms with Gasteiger partial charge in [0, 0.05) is 6.66 Å². The topological polar surface area (TPSA) is 65.0 Å². The lowest BCUT2D eigenvalue weighted by Gasteiger charge is -2.29. The van der Waals surface area contributed by atoms with Crippen molar-refractivity contribution in [2.75, 3.05) is 19.9 Å². The Balaban J connectivity index is 1.96. The molecule has 1 atom stereocenters. The molecule has 0 spiro atoms. The van der Waals surface area contributed by atoms with Gasteiger partial charge in [-0.3, -0.25) is 4.57 Å². The highest BCUT2D eigenvalue weighted by molar-refractivity contribution is 7.51. The van der Waals surface area contributed by atoms with E-state index in [0.29, 0.717) is 13.2 Å². The van der Waals surface area contributed by atoms with E-state index in [-0.39, 0.29) is 6.29 Å². The number of rotatable bonds is 15. The third-order valence-electron chi connectivity index (χ3n) is 4.25. The quantitative estimate of drug-likeness (QED) is 0.180. The molecular formula is C24H39O5P. The van der Waals surface area contributed by atoms with Gasteiger partial charge in [-0.25, -0.2) is 0 Å². The molecule has 1 N–H and O–H groups in total. The lowest BCUT2D eigenvalue weighted by atomic mass is 10.2. The van der Waals surface area contributed by atoms with Gasteiger partial charge in [-0.2, -0.15) is 0 Å².